The number of piperidine rings is 1. The lowest BCUT2D eigenvalue weighted by Crippen LogP contribution is -2.29. The predicted octanol–water partition coefficient (Wildman–Crippen LogP) is 3.79. The van der Waals surface area contributed by atoms with Crippen molar-refractivity contribution in [2.45, 2.75) is 44.4 Å². The third-order valence-electron chi connectivity index (χ3n) is 5.32. The van der Waals surface area contributed by atoms with E-state index in [1.807, 2.05) is 0 Å². The molecule has 3 rings (SSSR count). The van der Waals surface area contributed by atoms with Gasteiger partial charge in [-0.15, -0.1) is 0 Å². The Bertz CT molecular complexity index is 933. The number of sulfonamides is 1. The minimum atomic E-state index is -3.59. The van der Waals surface area contributed by atoms with Crippen LogP contribution in [-0.4, -0.2) is 34.0 Å². The molecule has 1 heterocycles. The van der Waals surface area contributed by atoms with Gasteiger partial charge in [0.25, 0.3) is 0 Å². The predicted molar refractivity (Wildman–Crippen MR) is 121 cm³/mol. The third kappa shape index (κ3) is 6.06. The Morgan fingerprint density at radius 1 is 0.967 bits per heavy atom. The molecule has 1 aliphatic heterocycles. The van der Waals surface area contributed by atoms with Gasteiger partial charge in [0, 0.05) is 36.9 Å². The van der Waals surface area contributed by atoms with Crippen molar-refractivity contribution in [3.63, 3.8) is 0 Å². The van der Waals surface area contributed by atoms with Crippen LogP contribution in [0.5, 0.6) is 0 Å². The number of carbonyl (C=O) groups is 1. The molecule has 7 heteroatoms. The molecule has 0 spiro atoms. The molecule has 1 saturated heterocycles. The zero-order chi connectivity index (χ0) is 21.6. The topological polar surface area (TPSA) is 78.5 Å². The van der Waals surface area contributed by atoms with Gasteiger partial charge in [0.1, 0.15) is 0 Å². The summed E-state index contributed by atoms with van der Waals surface area (Å²) in [5.41, 5.74) is 2.93. The summed E-state index contributed by atoms with van der Waals surface area (Å²) in [6, 6.07) is 14.6. The molecule has 0 bridgehead atoms. The van der Waals surface area contributed by atoms with E-state index in [-0.39, 0.29) is 16.7 Å². The van der Waals surface area contributed by atoms with Crippen molar-refractivity contribution in [2.75, 3.05) is 29.9 Å². The van der Waals surface area contributed by atoms with Crippen LogP contribution in [0.15, 0.2) is 53.4 Å². The molecule has 0 aliphatic carbocycles. The van der Waals surface area contributed by atoms with Gasteiger partial charge < -0.3 is 10.2 Å². The molecule has 1 fully saturated rings. The number of hydrogen-bond donors (Lipinski definition) is 2. The normalized spacial score (nSPS) is 14.7. The fourth-order valence-corrected chi connectivity index (χ4v) is 4.47. The lowest BCUT2D eigenvalue weighted by molar-refractivity contribution is -0.118. The van der Waals surface area contributed by atoms with Gasteiger partial charge in [0.2, 0.25) is 15.9 Å². The van der Waals surface area contributed by atoms with Crippen LogP contribution >= 0.6 is 0 Å². The van der Waals surface area contributed by atoms with E-state index >= 15 is 0 Å². The van der Waals surface area contributed by atoms with E-state index in [1.165, 1.54) is 37.1 Å². The first kappa shape index (κ1) is 22.3. The van der Waals surface area contributed by atoms with Crippen LogP contribution in [0.25, 0.3) is 0 Å². The average Bonchev–Trinajstić information content (AvgIpc) is 2.75. The molecule has 1 aliphatic rings. The fourth-order valence-electron chi connectivity index (χ4n) is 3.44. The van der Waals surface area contributed by atoms with Crippen molar-refractivity contribution < 1.29 is 13.2 Å². The number of benzene rings is 2. The van der Waals surface area contributed by atoms with E-state index in [9.17, 15) is 13.2 Å². The summed E-state index contributed by atoms with van der Waals surface area (Å²) in [5, 5.41) is 2.76. The summed E-state index contributed by atoms with van der Waals surface area (Å²) < 4.78 is 27.7. The molecule has 6 nitrogen and oxygen atoms in total. The molecule has 0 radical (unpaired) electrons. The van der Waals surface area contributed by atoms with Gasteiger partial charge in [-0.25, -0.2) is 13.1 Å². The van der Waals surface area contributed by atoms with Crippen molar-refractivity contribution in [3.05, 3.63) is 54.1 Å². The highest BCUT2D eigenvalue weighted by Gasteiger charge is 2.15. The summed E-state index contributed by atoms with van der Waals surface area (Å²) in [5.74, 6) is -0.237. The highest BCUT2D eigenvalue weighted by atomic mass is 32.2. The largest absolute Gasteiger partial charge is 0.372 e. The van der Waals surface area contributed by atoms with Crippen molar-refractivity contribution in [3.8, 4) is 0 Å². The van der Waals surface area contributed by atoms with Crippen LogP contribution in [0.4, 0.5) is 11.4 Å². The fraction of sp³-hybridized carbons (Fsp3) is 0.435. The highest BCUT2D eigenvalue weighted by Crippen LogP contribution is 2.20. The molecule has 30 heavy (non-hydrogen) atoms. The first-order valence-electron chi connectivity index (χ1n) is 10.6. The van der Waals surface area contributed by atoms with Gasteiger partial charge in [-0.2, -0.15) is 0 Å². The Balaban J connectivity index is 1.51. The summed E-state index contributed by atoms with van der Waals surface area (Å²) >= 11 is 0. The molecule has 0 saturated carbocycles. The van der Waals surface area contributed by atoms with E-state index in [0.717, 1.165) is 18.7 Å². The lowest BCUT2D eigenvalue weighted by Gasteiger charge is -2.28. The number of anilines is 2. The monoisotopic (exact) mass is 429 g/mol. The van der Waals surface area contributed by atoms with Gasteiger partial charge in [-0.3, -0.25) is 4.79 Å². The second-order valence-electron chi connectivity index (χ2n) is 8.03. The molecule has 0 atom stereocenters. The van der Waals surface area contributed by atoms with E-state index in [4.69, 9.17) is 0 Å². The Labute approximate surface area is 179 Å². The van der Waals surface area contributed by atoms with E-state index in [2.05, 4.69) is 39.2 Å². The van der Waals surface area contributed by atoms with Crippen LogP contribution in [0, 0.1) is 5.92 Å². The Hall–Kier alpha value is -2.38. The molecule has 1 amide bonds. The Morgan fingerprint density at radius 2 is 1.60 bits per heavy atom. The smallest absolute Gasteiger partial charge is 0.240 e. The zero-order valence-corrected chi connectivity index (χ0v) is 18.5. The molecular formula is C23H31N3O3S. The standard InChI is InChI=1S/C23H31N3O3S/c1-18(2)23(27)25-20-8-12-22(13-9-20)30(28,29)24-15-14-19-6-10-21(11-7-19)26-16-4-3-5-17-26/h6-13,18,24H,3-5,14-17H2,1-2H3,(H,25,27). The molecule has 2 N–H and O–H groups in total. The van der Waals surface area contributed by atoms with Crippen LogP contribution in [0.3, 0.4) is 0 Å². The second kappa shape index (κ2) is 10.1. The highest BCUT2D eigenvalue weighted by molar-refractivity contribution is 7.89. The number of carbonyl (C=O) groups excluding carboxylic acids is 1. The first-order valence-corrected chi connectivity index (χ1v) is 12.1. The van der Waals surface area contributed by atoms with Crippen molar-refractivity contribution in [2.24, 2.45) is 5.92 Å². The quantitative estimate of drug-likeness (QED) is 0.669. The Kier molecular flexibility index (Phi) is 7.50. The number of nitrogens with one attached hydrogen (secondary N) is 2. The van der Waals surface area contributed by atoms with Crippen molar-refractivity contribution >= 4 is 27.3 Å². The first-order chi connectivity index (χ1) is 14.3. The molecular weight excluding hydrogens is 398 g/mol. The average molecular weight is 430 g/mol. The van der Waals surface area contributed by atoms with E-state index in [0.29, 0.717) is 18.7 Å². The maximum atomic E-state index is 12.5. The maximum absolute atomic E-state index is 12.5. The van der Waals surface area contributed by atoms with Crippen molar-refractivity contribution in [1.82, 2.24) is 4.72 Å². The number of nitrogens with zero attached hydrogens (tertiary/aromatic N) is 1. The third-order valence-corrected chi connectivity index (χ3v) is 6.80. The van der Waals surface area contributed by atoms with Gasteiger partial charge in [-0.1, -0.05) is 26.0 Å². The van der Waals surface area contributed by atoms with Gasteiger partial charge in [0.15, 0.2) is 0 Å². The zero-order valence-electron chi connectivity index (χ0n) is 17.7. The van der Waals surface area contributed by atoms with Crippen molar-refractivity contribution in [1.29, 1.82) is 0 Å². The molecule has 2 aromatic carbocycles. The van der Waals surface area contributed by atoms with E-state index < -0.39 is 10.0 Å². The minimum Gasteiger partial charge on any atom is -0.372 e. The lowest BCUT2D eigenvalue weighted by atomic mass is 10.1. The summed E-state index contributed by atoms with van der Waals surface area (Å²) in [6.45, 7) is 6.16. The van der Waals surface area contributed by atoms with Gasteiger partial charge >= 0.3 is 0 Å². The van der Waals surface area contributed by atoms with Crippen LogP contribution in [-0.2, 0) is 21.2 Å². The number of rotatable bonds is 8. The molecule has 0 unspecified atom stereocenters. The second-order valence-corrected chi connectivity index (χ2v) is 9.80. The van der Waals surface area contributed by atoms with Crippen LogP contribution in [0.2, 0.25) is 0 Å². The summed E-state index contributed by atoms with van der Waals surface area (Å²) in [7, 11) is -3.59. The van der Waals surface area contributed by atoms with Crippen LogP contribution in [0.1, 0.15) is 38.7 Å². The summed E-state index contributed by atoms with van der Waals surface area (Å²) in [6.07, 6.45) is 4.43. The van der Waals surface area contributed by atoms with E-state index in [1.54, 1.807) is 26.0 Å². The SMILES string of the molecule is CC(C)C(=O)Nc1ccc(S(=O)(=O)NCCc2ccc(N3CCCCC3)cc2)cc1. The Morgan fingerprint density at radius 3 is 2.20 bits per heavy atom. The molecule has 162 valence electrons. The number of hydrogen-bond acceptors (Lipinski definition) is 4. The number of amides is 1. The minimum absolute atomic E-state index is 0.102. The van der Waals surface area contributed by atoms with Crippen LogP contribution < -0.4 is 14.9 Å². The maximum Gasteiger partial charge on any atom is 0.240 e. The van der Waals surface area contributed by atoms with Gasteiger partial charge in [-0.05, 0) is 67.6 Å². The summed E-state index contributed by atoms with van der Waals surface area (Å²) in [4.78, 5) is 14.3. The molecule has 2 aromatic rings. The van der Waals surface area contributed by atoms with Gasteiger partial charge in [0.05, 0.1) is 4.90 Å². The molecule has 0 aromatic heterocycles.